The van der Waals surface area contributed by atoms with Crippen molar-refractivity contribution in [3.05, 3.63) is 253 Å². The van der Waals surface area contributed by atoms with Crippen molar-refractivity contribution in [1.29, 1.82) is 0 Å². The van der Waals surface area contributed by atoms with E-state index in [1.165, 1.54) is 93.5 Å². The number of fused-ring (bicyclic) bond motifs is 10. The first-order valence-electron chi connectivity index (χ1n) is 21.5. The van der Waals surface area contributed by atoms with Gasteiger partial charge in [0.15, 0.2) is 0 Å². The fourth-order valence-electron chi connectivity index (χ4n) is 11.0. The maximum absolute atomic E-state index is 7.12. The molecule has 288 valence electrons. The van der Waals surface area contributed by atoms with Crippen LogP contribution in [0.4, 0.5) is 0 Å². The largest absolute Gasteiger partial charge is 0.455 e. The average Bonchev–Trinajstić information content (AvgIpc) is 3.87. The summed E-state index contributed by atoms with van der Waals surface area (Å²) in [5.74, 6) is 0. The molecule has 0 saturated carbocycles. The van der Waals surface area contributed by atoms with Crippen LogP contribution < -0.4 is 0 Å². The standard InChI is InChI=1S/C61H38O/c1-4-19-39(20-5-1)41-35-36-51-54(37-41)61(42-23-6-2-7-24-42,43-25-8-3-9-26-43)59-53(38-52-45-28-16-17-34-55(45)62-60(52)58(51)59)57-49-31-14-12-29-47(49)56(48-30-13-15-32-50(48)57)46-33-18-22-40-21-10-11-27-44(40)46/h1-38H. The zero-order valence-corrected chi connectivity index (χ0v) is 33.8. The second kappa shape index (κ2) is 13.5. The van der Waals surface area contributed by atoms with Gasteiger partial charge in [0, 0.05) is 16.3 Å². The van der Waals surface area contributed by atoms with Crippen LogP contribution in [0.2, 0.25) is 0 Å². The van der Waals surface area contributed by atoms with Gasteiger partial charge >= 0.3 is 0 Å². The lowest BCUT2D eigenvalue weighted by atomic mass is 9.65. The van der Waals surface area contributed by atoms with Gasteiger partial charge in [0.05, 0.1) is 5.41 Å². The topological polar surface area (TPSA) is 13.1 Å². The Balaban J connectivity index is 1.27. The Morgan fingerprint density at radius 1 is 0.306 bits per heavy atom. The van der Waals surface area contributed by atoms with E-state index in [0.717, 1.165) is 27.5 Å². The number of hydrogen-bond acceptors (Lipinski definition) is 1. The van der Waals surface area contributed by atoms with Gasteiger partial charge in [0.1, 0.15) is 11.2 Å². The van der Waals surface area contributed by atoms with Crippen LogP contribution in [0, 0.1) is 0 Å². The van der Waals surface area contributed by atoms with Crippen LogP contribution in [0.25, 0.3) is 98.8 Å². The van der Waals surface area contributed by atoms with Crippen LogP contribution in [-0.2, 0) is 5.41 Å². The minimum atomic E-state index is -0.711. The molecule has 0 amide bonds. The molecule has 0 bridgehead atoms. The minimum Gasteiger partial charge on any atom is -0.455 e. The SMILES string of the molecule is c1ccc(-c2ccc3c(c2)C(c2ccccc2)(c2ccccc2)c2c(-c4c5ccccc5c(-c5cccc6ccccc56)c5ccccc45)cc4c(oc5ccccc54)c2-3)cc1. The number of furan rings is 1. The second-order valence-corrected chi connectivity index (χ2v) is 16.6. The fourth-order valence-corrected chi connectivity index (χ4v) is 11.0. The Hall–Kier alpha value is -8.00. The van der Waals surface area contributed by atoms with Crippen molar-refractivity contribution in [3.63, 3.8) is 0 Å². The highest BCUT2D eigenvalue weighted by Gasteiger charge is 2.49. The summed E-state index contributed by atoms with van der Waals surface area (Å²) in [5.41, 5.74) is 15.7. The van der Waals surface area contributed by atoms with Crippen molar-refractivity contribution < 1.29 is 4.42 Å². The summed E-state index contributed by atoms with van der Waals surface area (Å²) in [5, 5.41) is 9.63. The van der Waals surface area contributed by atoms with E-state index < -0.39 is 5.41 Å². The monoisotopic (exact) mass is 786 g/mol. The first-order valence-corrected chi connectivity index (χ1v) is 21.5. The van der Waals surface area contributed by atoms with E-state index in [9.17, 15) is 0 Å². The van der Waals surface area contributed by atoms with Gasteiger partial charge < -0.3 is 4.42 Å². The second-order valence-electron chi connectivity index (χ2n) is 16.6. The third-order valence-corrected chi connectivity index (χ3v) is 13.5. The zero-order valence-electron chi connectivity index (χ0n) is 33.8. The van der Waals surface area contributed by atoms with Crippen molar-refractivity contribution in [2.24, 2.45) is 0 Å². The van der Waals surface area contributed by atoms with Gasteiger partial charge in [0.25, 0.3) is 0 Å². The Labute approximate surface area is 359 Å². The molecule has 0 N–H and O–H groups in total. The van der Waals surface area contributed by atoms with Crippen molar-refractivity contribution in [2.45, 2.75) is 5.41 Å². The molecule has 1 nitrogen and oxygen atoms in total. The van der Waals surface area contributed by atoms with E-state index >= 15 is 0 Å². The molecule has 12 aromatic rings. The van der Waals surface area contributed by atoms with Gasteiger partial charge in [-0.1, -0.05) is 212 Å². The van der Waals surface area contributed by atoms with Gasteiger partial charge in [-0.3, -0.25) is 0 Å². The average molecular weight is 787 g/mol. The van der Waals surface area contributed by atoms with Crippen LogP contribution in [0.1, 0.15) is 22.3 Å². The lowest BCUT2D eigenvalue weighted by Crippen LogP contribution is -2.29. The van der Waals surface area contributed by atoms with Crippen molar-refractivity contribution >= 4 is 54.3 Å². The first-order chi connectivity index (χ1) is 30.8. The molecule has 62 heavy (non-hydrogen) atoms. The Morgan fingerprint density at radius 3 is 1.47 bits per heavy atom. The van der Waals surface area contributed by atoms with E-state index in [0.29, 0.717) is 0 Å². The smallest absolute Gasteiger partial charge is 0.143 e. The first kappa shape index (κ1) is 34.8. The summed E-state index contributed by atoms with van der Waals surface area (Å²) in [6.45, 7) is 0. The quantitative estimate of drug-likeness (QED) is 0.158. The number of para-hydroxylation sites is 1. The van der Waals surface area contributed by atoms with Gasteiger partial charge in [-0.2, -0.15) is 0 Å². The summed E-state index contributed by atoms with van der Waals surface area (Å²) in [4.78, 5) is 0. The molecule has 0 fully saturated rings. The van der Waals surface area contributed by atoms with Crippen LogP contribution >= 0.6 is 0 Å². The third kappa shape index (κ3) is 4.85. The molecule has 11 aromatic carbocycles. The highest BCUT2D eigenvalue weighted by atomic mass is 16.3. The van der Waals surface area contributed by atoms with E-state index in [1.54, 1.807) is 0 Å². The number of benzene rings is 11. The summed E-state index contributed by atoms with van der Waals surface area (Å²) < 4.78 is 7.12. The predicted molar refractivity (Wildman–Crippen MR) is 260 cm³/mol. The summed E-state index contributed by atoms with van der Waals surface area (Å²) >= 11 is 0. The van der Waals surface area contributed by atoms with Gasteiger partial charge in [-0.05, 0) is 112 Å². The van der Waals surface area contributed by atoms with Crippen molar-refractivity contribution in [2.75, 3.05) is 0 Å². The van der Waals surface area contributed by atoms with Gasteiger partial charge in [-0.15, -0.1) is 0 Å². The molecule has 1 aliphatic rings. The molecular weight excluding hydrogens is 749 g/mol. The summed E-state index contributed by atoms with van der Waals surface area (Å²) in [7, 11) is 0. The highest BCUT2D eigenvalue weighted by Crippen LogP contribution is 2.63. The molecule has 0 radical (unpaired) electrons. The molecular formula is C61H38O. The molecule has 13 rings (SSSR count). The van der Waals surface area contributed by atoms with E-state index in [4.69, 9.17) is 4.42 Å². The fraction of sp³-hybridized carbons (Fsp3) is 0.0164. The van der Waals surface area contributed by atoms with Crippen molar-refractivity contribution in [1.82, 2.24) is 0 Å². The lowest BCUT2D eigenvalue weighted by molar-refractivity contribution is 0.669. The maximum atomic E-state index is 7.12. The zero-order chi connectivity index (χ0) is 40.8. The van der Waals surface area contributed by atoms with Crippen LogP contribution in [0.5, 0.6) is 0 Å². The molecule has 1 aromatic heterocycles. The maximum Gasteiger partial charge on any atom is 0.143 e. The molecule has 0 saturated heterocycles. The van der Waals surface area contributed by atoms with Gasteiger partial charge in [0.2, 0.25) is 0 Å². The summed E-state index contributed by atoms with van der Waals surface area (Å²) in [6.07, 6.45) is 0. The normalized spacial score (nSPS) is 13.0. The molecule has 1 aliphatic carbocycles. The van der Waals surface area contributed by atoms with E-state index in [-0.39, 0.29) is 0 Å². The summed E-state index contributed by atoms with van der Waals surface area (Å²) in [6, 6.07) is 85.0. The lowest BCUT2D eigenvalue weighted by Gasteiger charge is -2.36. The van der Waals surface area contributed by atoms with E-state index in [1.807, 2.05) is 0 Å². The van der Waals surface area contributed by atoms with Crippen LogP contribution in [-0.4, -0.2) is 0 Å². The van der Waals surface area contributed by atoms with Crippen molar-refractivity contribution in [3.8, 4) is 44.5 Å². The Kier molecular flexibility index (Phi) is 7.59. The number of hydrogen-bond donors (Lipinski definition) is 0. The van der Waals surface area contributed by atoms with Crippen LogP contribution in [0.3, 0.4) is 0 Å². The van der Waals surface area contributed by atoms with Gasteiger partial charge in [-0.25, -0.2) is 0 Å². The van der Waals surface area contributed by atoms with Crippen LogP contribution in [0.15, 0.2) is 235 Å². The van der Waals surface area contributed by atoms with E-state index in [2.05, 4.69) is 231 Å². The molecule has 0 aliphatic heterocycles. The minimum absolute atomic E-state index is 0.711. The Bertz CT molecular complexity index is 3630. The predicted octanol–water partition coefficient (Wildman–Crippen LogP) is 16.4. The molecule has 1 heterocycles. The number of rotatable bonds is 5. The molecule has 1 heteroatoms. The highest BCUT2D eigenvalue weighted by molar-refractivity contribution is 6.26. The molecule has 0 atom stereocenters. The molecule has 0 unspecified atom stereocenters. The third-order valence-electron chi connectivity index (χ3n) is 13.5. The Morgan fingerprint density at radius 2 is 0.823 bits per heavy atom. The molecule has 0 spiro atoms.